The van der Waals surface area contributed by atoms with Crippen LogP contribution in [0.25, 0.3) is 0 Å². The van der Waals surface area contributed by atoms with Crippen molar-refractivity contribution in [2.75, 3.05) is 18.7 Å². The van der Waals surface area contributed by atoms with Crippen LogP contribution in [0.3, 0.4) is 0 Å². The highest BCUT2D eigenvalue weighted by molar-refractivity contribution is 7.98. The lowest BCUT2D eigenvalue weighted by Gasteiger charge is -2.03. The van der Waals surface area contributed by atoms with Crippen molar-refractivity contribution in [2.24, 2.45) is 11.5 Å². The maximum atomic E-state index is 11.3. The van der Waals surface area contributed by atoms with E-state index < -0.39 is 17.9 Å². The highest BCUT2D eigenvalue weighted by atomic mass is 32.2. The molecule has 0 unspecified atom stereocenters. The summed E-state index contributed by atoms with van der Waals surface area (Å²) in [5.41, 5.74) is 10.1. The SMILES string of the molecule is COC(=O)Nc1[nH]c(SC)c(C(N)=O)c1C(N)=O. The Balaban J connectivity index is 3.38. The molecule has 0 saturated heterocycles. The number of nitrogens with one attached hydrogen (secondary N) is 2. The molecule has 0 aliphatic heterocycles. The summed E-state index contributed by atoms with van der Waals surface area (Å²) in [6, 6.07) is 0. The first-order chi connectivity index (χ1) is 8.42. The third-order valence-electron chi connectivity index (χ3n) is 2.07. The van der Waals surface area contributed by atoms with Crippen molar-refractivity contribution >= 4 is 35.5 Å². The fraction of sp³-hybridized carbons (Fsp3) is 0.222. The molecule has 18 heavy (non-hydrogen) atoms. The number of anilines is 1. The highest BCUT2D eigenvalue weighted by Crippen LogP contribution is 2.28. The van der Waals surface area contributed by atoms with Gasteiger partial charge in [0.15, 0.2) is 0 Å². The van der Waals surface area contributed by atoms with Crippen LogP contribution in [0.1, 0.15) is 20.7 Å². The molecule has 0 aromatic carbocycles. The number of ether oxygens (including phenoxy) is 1. The number of thioether (sulfide) groups is 1. The normalized spacial score (nSPS) is 9.89. The molecule has 1 aromatic heterocycles. The lowest BCUT2D eigenvalue weighted by molar-refractivity contribution is 0.0966. The molecular formula is C9H12N4O4S. The van der Waals surface area contributed by atoms with E-state index in [2.05, 4.69) is 15.0 Å². The minimum absolute atomic E-state index is 0.0208. The van der Waals surface area contributed by atoms with Gasteiger partial charge in [0.25, 0.3) is 11.8 Å². The Morgan fingerprint density at radius 1 is 1.22 bits per heavy atom. The molecule has 8 nitrogen and oxygen atoms in total. The van der Waals surface area contributed by atoms with Gasteiger partial charge < -0.3 is 21.2 Å². The molecule has 9 heteroatoms. The molecule has 0 aliphatic rings. The Labute approximate surface area is 106 Å². The second-order valence-corrected chi connectivity index (χ2v) is 3.94. The summed E-state index contributed by atoms with van der Waals surface area (Å²) in [6.45, 7) is 0. The Bertz CT molecular complexity index is 511. The summed E-state index contributed by atoms with van der Waals surface area (Å²) in [4.78, 5) is 36.4. The zero-order chi connectivity index (χ0) is 13.9. The van der Waals surface area contributed by atoms with Crippen molar-refractivity contribution in [1.29, 1.82) is 0 Å². The number of hydrogen-bond acceptors (Lipinski definition) is 5. The Kier molecular flexibility index (Phi) is 4.21. The number of hydrogen-bond donors (Lipinski definition) is 4. The van der Waals surface area contributed by atoms with Crippen LogP contribution in [0.5, 0.6) is 0 Å². The number of methoxy groups -OCH3 is 1. The van der Waals surface area contributed by atoms with Crippen LogP contribution >= 0.6 is 11.8 Å². The number of nitrogens with two attached hydrogens (primary N) is 2. The minimum Gasteiger partial charge on any atom is -0.453 e. The van der Waals surface area contributed by atoms with Crippen LogP contribution < -0.4 is 16.8 Å². The molecule has 0 radical (unpaired) electrons. The number of aromatic nitrogens is 1. The minimum atomic E-state index is -0.883. The number of H-pyrrole nitrogens is 1. The summed E-state index contributed by atoms with van der Waals surface area (Å²) in [7, 11) is 1.16. The van der Waals surface area contributed by atoms with Crippen LogP contribution in [-0.2, 0) is 4.74 Å². The van der Waals surface area contributed by atoms with E-state index in [1.54, 1.807) is 6.26 Å². The van der Waals surface area contributed by atoms with E-state index in [0.29, 0.717) is 5.03 Å². The average molecular weight is 272 g/mol. The summed E-state index contributed by atoms with van der Waals surface area (Å²) in [5.74, 6) is -1.72. The fourth-order valence-electron chi connectivity index (χ4n) is 1.36. The standard InChI is InChI=1S/C9H12N4O4S/c1-17-9(16)13-7-3(5(10)14)4(6(11)15)8(12-7)18-2/h12H,1-2H3,(H2,10,14)(H2,11,15)(H,13,16). The summed E-state index contributed by atoms with van der Waals surface area (Å²) in [5, 5.41) is 2.59. The van der Waals surface area contributed by atoms with Gasteiger partial charge in [-0.1, -0.05) is 0 Å². The van der Waals surface area contributed by atoms with Crippen LogP contribution in [0.4, 0.5) is 10.6 Å². The number of carbonyl (C=O) groups is 3. The molecule has 0 bridgehead atoms. The third kappa shape index (κ3) is 2.56. The number of primary amides is 2. The molecule has 1 heterocycles. The molecule has 0 saturated carbocycles. The van der Waals surface area contributed by atoms with Gasteiger partial charge in [-0.3, -0.25) is 14.9 Å². The first-order valence-electron chi connectivity index (χ1n) is 4.66. The first-order valence-corrected chi connectivity index (χ1v) is 5.89. The fourth-order valence-corrected chi connectivity index (χ4v) is 1.97. The molecule has 0 spiro atoms. The third-order valence-corrected chi connectivity index (χ3v) is 2.79. The van der Waals surface area contributed by atoms with E-state index in [1.165, 1.54) is 0 Å². The predicted molar refractivity (Wildman–Crippen MR) is 65.6 cm³/mol. The lowest BCUT2D eigenvalue weighted by Crippen LogP contribution is -2.22. The van der Waals surface area contributed by atoms with Crippen LogP contribution in [0.15, 0.2) is 5.03 Å². The van der Waals surface area contributed by atoms with Crippen molar-refractivity contribution in [1.82, 2.24) is 4.98 Å². The van der Waals surface area contributed by atoms with E-state index in [0.717, 1.165) is 18.9 Å². The summed E-state index contributed by atoms with van der Waals surface area (Å²) in [6.07, 6.45) is 0.868. The van der Waals surface area contributed by atoms with Crippen LogP contribution in [0, 0.1) is 0 Å². The Hall–Kier alpha value is -2.16. The zero-order valence-corrected chi connectivity index (χ0v) is 10.5. The molecule has 0 atom stereocenters. The quantitative estimate of drug-likeness (QED) is 0.576. The first kappa shape index (κ1) is 13.9. The van der Waals surface area contributed by atoms with Crippen molar-refractivity contribution < 1.29 is 19.1 Å². The van der Waals surface area contributed by atoms with Crippen LogP contribution in [0.2, 0.25) is 0 Å². The van der Waals surface area contributed by atoms with E-state index in [-0.39, 0.29) is 16.9 Å². The second-order valence-electron chi connectivity index (χ2n) is 3.13. The topological polar surface area (TPSA) is 140 Å². The number of rotatable bonds is 4. The van der Waals surface area contributed by atoms with Crippen molar-refractivity contribution in [3.05, 3.63) is 11.1 Å². The van der Waals surface area contributed by atoms with Crippen LogP contribution in [-0.4, -0.2) is 36.3 Å². The van der Waals surface area contributed by atoms with Gasteiger partial charge in [0.05, 0.1) is 23.3 Å². The van der Waals surface area contributed by atoms with Gasteiger partial charge in [0.1, 0.15) is 5.82 Å². The second kappa shape index (κ2) is 5.45. The highest BCUT2D eigenvalue weighted by Gasteiger charge is 2.25. The van der Waals surface area contributed by atoms with Gasteiger partial charge in [-0.2, -0.15) is 0 Å². The molecular weight excluding hydrogens is 260 g/mol. The smallest absolute Gasteiger partial charge is 0.412 e. The van der Waals surface area contributed by atoms with Gasteiger partial charge in [-0.05, 0) is 6.26 Å². The van der Waals surface area contributed by atoms with E-state index in [9.17, 15) is 14.4 Å². The summed E-state index contributed by atoms with van der Waals surface area (Å²) >= 11 is 1.15. The molecule has 1 rings (SSSR count). The van der Waals surface area contributed by atoms with Crippen molar-refractivity contribution in [3.8, 4) is 0 Å². The van der Waals surface area contributed by atoms with Gasteiger partial charge in [0.2, 0.25) is 0 Å². The Morgan fingerprint density at radius 3 is 2.17 bits per heavy atom. The average Bonchev–Trinajstić information content (AvgIpc) is 2.67. The van der Waals surface area contributed by atoms with E-state index in [4.69, 9.17) is 11.5 Å². The molecule has 0 fully saturated rings. The van der Waals surface area contributed by atoms with E-state index in [1.807, 2.05) is 0 Å². The predicted octanol–water partition coefficient (Wildman–Crippen LogP) is 0.113. The van der Waals surface area contributed by atoms with Gasteiger partial charge >= 0.3 is 6.09 Å². The largest absolute Gasteiger partial charge is 0.453 e. The van der Waals surface area contributed by atoms with Crippen molar-refractivity contribution in [2.45, 2.75) is 5.03 Å². The molecule has 1 aromatic rings. The monoisotopic (exact) mass is 272 g/mol. The number of carbonyl (C=O) groups excluding carboxylic acids is 3. The Morgan fingerprint density at radius 2 is 1.78 bits per heavy atom. The molecule has 0 aliphatic carbocycles. The summed E-state index contributed by atoms with van der Waals surface area (Å²) < 4.78 is 4.39. The lowest BCUT2D eigenvalue weighted by atomic mass is 10.1. The van der Waals surface area contributed by atoms with Crippen molar-refractivity contribution in [3.63, 3.8) is 0 Å². The van der Waals surface area contributed by atoms with Gasteiger partial charge in [-0.15, -0.1) is 11.8 Å². The maximum absolute atomic E-state index is 11.3. The zero-order valence-electron chi connectivity index (χ0n) is 9.70. The maximum Gasteiger partial charge on any atom is 0.412 e. The molecule has 98 valence electrons. The molecule has 6 N–H and O–H groups in total. The van der Waals surface area contributed by atoms with Gasteiger partial charge in [0, 0.05) is 0 Å². The van der Waals surface area contributed by atoms with Gasteiger partial charge in [-0.25, -0.2) is 4.79 Å². The molecule has 3 amide bonds. The van der Waals surface area contributed by atoms with E-state index >= 15 is 0 Å². The number of amides is 3. The number of aromatic amines is 1.